The van der Waals surface area contributed by atoms with E-state index in [1.54, 1.807) is 11.3 Å². The van der Waals surface area contributed by atoms with Crippen LogP contribution in [0.25, 0.3) is 0 Å². The van der Waals surface area contributed by atoms with E-state index < -0.39 is 0 Å². The van der Waals surface area contributed by atoms with E-state index in [4.69, 9.17) is 0 Å². The molecule has 0 fully saturated rings. The second kappa shape index (κ2) is 11.0. The van der Waals surface area contributed by atoms with Gasteiger partial charge in [-0.2, -0.15) is 0 Å². The lowest BCUT2D eigenvalue weighted by molar-refractivity contribution is 0.238. The van der Waals surface area contributed by atoms with Crippen molar-refractivity contribution in [2.75, 3.05) is 20.6 Å². The average molecular weight is 388 g/mol. The number of thiazole rings is 1. The molecule has 0 bridgehead atoms. The molecule has 2 N–H and O–H groups in total. The summed E-state index contributed by atoms with van der Waals surface area (Å²) in [6.07, 6.45) is 1.05. The van der Waals surface area contributed by atoms with Gasteiger partial charge in [-0.15, -0.1) is 11.3 Å². The van der Waals surface area contributed by atoms with E-state index in [0.29, 0.717) is 18.5 Å². The highest BCUT2D eigenvalue weighted by molar-refractivity contribution is 7.09. The van der Waals surface area contributed by atoms with Crippen LogP contribution >= 0.6 is 11.3 Å². The first kappa shape index (κ1) is 21.4. The van der Waals surface area contributed by atoms with Gasteiger partial charge in [-0.25, -0.2) is 4.98 Å². The van der Waals surface area contributed by atoms with Crippen molar-refractivity contribution in [1.29, 1.82) is 0 Å². The summed E-state index contributed by atoms with van der Waals surface area (Å²) < 4.78 is 0. The van der Waals surface area contributed by atoms with Crippen molar-refractivity contribution in [2.24, 2.45) is 4.99 Å². The van der Waals surface area contributed by atoms with Gasteiger partial charge < -0.3 is 10.6 Å². The van der Waals surface area contributed by atoms with E-state index in [1.165, 1.54) is 5.56 Å². The van der Waals surface area contributed by atoms with Crippen LogP contribution in [0.5, 0.6) is 0 Å². The Hall–Kier alpha value is -1.92. The molecular weight excluding hydrogens is 354 g/mol. The Bertz CT molecular complexity index is 696. The molecule has 1 aromatic carbocycles. The number of aliphatic imine (C=N–C) groups is 1. The van der Waals surface area contributed by atoms with Crippen LogP contribution in [0.15, 0.2) is 40.7 Å². The number of hydrogen-bond acceptors (Lipinski definition) is 4. The van der Waals surface area contributed by atoms with Crippen LogP contribution in [0.1, 0.15) is 49.4 Å². The molecule has 6 heteroatoms. The molecule has 27 heavy (non-hydrogen) atoms. The third kappa shape index (κ3) is 7.31. The molecule has 0 radical (unpaired) electrons. The highest BCUT2D eigenvalue weighted by Gasteiger charge is 2.10. The van der Waals surface area contributed by atoms with Gasteiger partial charge in [0.2, 0.25) is 0 Å². The summed E-state index contributed by atoms with van der Waals surface area (Å²) >= 11 is 1.70. The summed E-state index contributed by atoms with van der Waals surface area (Å²) in [7, 11) is 3.99. The van der Waals surface area contributed by atoms with Crippen molar-refractivity contribution in [3.8, 4) is 0 Å². The molecule has 0 aliphatic carbocycles. The van der Waals surface area contributed by atoms with Crippen LogP contribution in [0.4, 0.5) is 0 Å². The van der Waals surface area contributed by atoms with Crippen molar-refractivity contribution >= 4 is 17.3 Å². The summed E-state index contributed by atoms with van der Waals surface area (Å²) in [5.74, 6) is 1.30. The SMILES string of the molecule is CN=C(NCCC(C)N(C)Cc1ccccc1)NCc1nc(C(C)C)cs1. The Morgan fingerprint density at radius 1 is 1.19 bits per heavy atom. The highest BCUT2D eigenvalue weighted by Crippen LogP contribution is 2.17. The van der Waals surface area contributed by atoms with Crippen molar-refractivity contribution in [1.82, 2.24) is 20.5 Å². The van der Waals surface area contributed by atoms with Crippen LogP contribution in [0.2, 0.25) is 0 Å². The molecule has 0 aliphatic rings. The summed E-state index contributed by atoms with van der Waals surface area (Å²) in [6.45, 7) is 9.17. The molecule has 1 aromatic heterocycles. The maximum Gasteiger partial charge on any atom is 0.191 e. The first-order valence-electron chi connectivity index (χ1n) is 9.62. The monoisotopic (exact) mass is 387 g/mol. The fourth-order valence-electron chi connectivity index (χ4n) is 2.70. The Kier molecular flexibility index (Phi) is 8.75. The van der Waals surface area contributed by atoms with Crippen LogP contribution in [0, 0.1) is 0 Å². The van der Waals surface area contributed by atoms with Crippen LogP contribution < -0.4 is 10.6 Å². The molecule has 2 aromatic rings. The second-order valence-corrected chi connectivity index (χ2v) is 8.15. The number of benzene rings is 1. The Balaban J connectivity index is 1.70. The standard InChI is InChI=1S/C21H33N5S/c1-16(2)19-15-27-20(25-19)13-24-21(22-4)23-12-11-17(3)26(5)14-18-9-7-6-8-10-18/h6-10,15-17H,11-14H2,1-5H3,(H2,22,23,24). The van der Waals surface area contributed by atoms with Crippen LogP contribution in [0.3, 0.4) is 0 Å². The molecule has 0 aliphatic heterocycles. The van der Waals surface area contributed by atoms with E-state index in [-0.39, 0.29) is 0 Å². The van der Waals surface area contributed by atoms with E-state index in [9.17, 15) is 0 Å². The van der Waals surface area contributed by atoms with Gasteiger partial charge in [0.05, 0.1) is 12.2 Å². The number of rotatable bonds is 9. The quantitative estimate of drug-likeness (QED) is 0.507. The molecule has 1 unspecified atom stereocenters. The lowest BCUT2D eigenvalue weighted by atomic mass is 10.1. The average Bonchev–Trinajstić information content (AvgIpc) is 3.14. The number of aromatic nitrogens is 1. The smallest absolute Gasteiger partial charge is 0.191 e. The summed E-state index contributed by atoms with van der Waals surface area (Å²) in [5, 5.41) is 10.00. The number of guanidine groups is 1. The topological polar surface area (TPSA) is 52.6 Å². The largest absolute Gasteiger partial charge is 0.356 e. The van der Waals surface area contributed by atoms with E-state index >= 15 is 0 Å². The normalized spacial score (nSPS) is 13.2. The number of nitrogens with zero attached hydrogens (tertiary/aromatic N) is 3. The van der Waals surface area contributed by atoms with Gasteiger partial charge >= 0.3 is 0 Å². The maximum atomic E-state index is 4.65. The minimum atomic E-state index is 0.474. The van der Waals surface area contributed by atoms with Crippen LogP contribution in [-0.4, -0.2) is 42.5 Å². The van der Waals surface area contributed by atoms with Gasteiger partial charge in [-0.3, -0.25) is 9.89 Å². The lowest BCUT2D eigenvalue weighted by Gasteiger charge is -2.25. The minimum Gasteiger partial charge on any atom is -0.356 e. The van der Waals surface area contributed by atoms with E-state index in [0.717, 1.165) is 36.2 Å². The Morgan fingerprint density at radius 2 is 1.93 bits per heavy atom. The van der Waals surface area contributed by atoms with Crippen molar-refractivity contribution in [2.45, 2.75) is 52.2 Å². The van der Waals surface area contributed by atoms with E-state index in [1.807, 2.05) is 7.05 Å². The molecule has 2 rings (SSSR count). The van der Waals surface area contributed by atoms with Gasteiger partial charge in [0, 0.05) is 31.6 Å². The molecule has 0 saturated heterocycles. The molecule has 0 saturated carbocycles. The molecule has 1 heterocycles. The second-order valence-electron chi connectivity index (χ2n) is 7.21. The number of hydrogen-bond donors (Lipinski definition) is 2. The van der Waals surface area contributed by atoms with Crippen LogP contribution in [-0.2, 0) is 13.1 Å². The van der Waals surface area contributed by atoms with Gasteiger partial charge in [0.15, 0.2) is 5.96 Å². The predicted molar refractivity (Wildman–Crippen MR) is 116 cm³/mol. The zero-order valence-electron chi connectivity index (χ0n) is 17.2. The summed E-state index contributed by atoms with van der Waals surface area (Å²) in [5.41, 5.74) is 2.51. The van der Waals surface area contributed by atoms with Gasteiger partial charge in [-0.05, 0) is 31.9 Å². The fourth-order valence-corrected chi connectivity index (χ4v) is 3.59. The van der Waals surface area contributed by atoms with E-state index in [2.05, 4.69) is 89.0 Å². The lowest BCUT2D eigenvalue weighted by Crippen LogP contribution is -2.39. The van der Waals surface area contributed by atoms with Gasteiger partial charge in [0.25, 0.3) is 0 Å². The third-order valence-electron chi connectivity index (χ3n) is 4.67. The zero-order valence-corrected chi connectivity index (χ0v) is 18.0. The Labute approximate surface area is 167 Å². The molecule has 148 valence electrons. The van der Waals surface area contributed by atoms with Crippen molar-refractivity contribution < 1.29 is 0 Å². The minimum absolute atomic E-state index is 0.474. The third-order valence-corrected chi connectivity index (χ3v) is 5.54. The van der Waals surface area contributed by atoms with Gasteiger partial charge in [-0.1, -0.05) is 44.2 Å². The molecule has 0 amide bonds. The van der Waals surface area contributed by atoms with Crippen molar-refractivity contribution in [3.05, 3.63) is 52.0 Å². The molecule has 5 nitrogen and oxygen atoms in total. The zero-order chi connectivity index (χ0) is 19.6. The summed E-state index contributed by atoms with van der Waals surface area (Å²) in [6, 6.07) is 11.1. The number of nitrogens with one attached hydrogen (secondary N) is 2. The fraction of sp³-hybridized carbons (Fsp3) is 0.524. The first-order valence-corrected chi connectivity index (χ1v) is 10.5. The van der Waals surface area contributed by atoms with Gasteiger partial charge in [0.1, 0.15) is 5.01 Å². The highest BCUT2D eigenvalue weighted by atomic mass is 32.1. The Morgan fingerprint density at radius 3 is 2.56 bits per heavy atom. The molecule has 1 atom stereocenters. The maximum absolute atomic E-state index is 4.65. The predicted octanol–water partition coefficient (Wildman–Crippen LogP) is 3.84. The molecule has 0 spiro atoms. The molecular formula is C21H33N5S. The first-order chi connectivity index (χ1) is 13.0. The van der Waals surface area contributed by atoms with Crippen molar-refractivity contribution in [3.63, 3.8) is 0 Å². The summed E-state index contributed by atoms with van der Waals surface area (Å²) in [4.78, 5) is 11.4.